The fourth-order valence-corrected chi connectivity index (χ4v) is 4.13. The molecule has 39 heavy (non-hydrogen) atoms. The second-order valence-corrected chi connectivity index (χ2v) is 10.2. The van der Waals surface area contributed by atoms with Gasteiger partial charge in [0, 0.05) is 72.6 Å². The molecule has 0 spiro atoms. The van der Waals surface area contributed by atoms with Crippen LogP contribution in [0.15, 0.2) is 67.4 Å². The molecule has 0 fully saturated rings. The first-order valence-corrected chi connectivity index (χ1v) is 13.3. The van der Waals surface area contributed by atoms with E-state index in [4.69, 9.17) is 9.26 Å². The molecule has 0 radical (unpaired) electrons. The van der Waals surface area contributed by atoms with E-state index < -0.39 is 14.6 Å². The second-order valence-electron chi connectivity index (χ2n) is 8.94. The summed E-state index contributed by atoms with van der Waals surface area (Å²) < 4.78 is 22.8. The molecule has 0 aliphatic carbocycles. The number of hydrogen-bond donors (Lipinski definition) is 2. The summed E-state index contributed by atoms with van der Waals surface area (Å²) in [6.07, 6.45) is 11.5. The van der Waals surface area contributed by atoms with Gasteiger partial charge in [-0.2, -0.15) is 0 Å². The number of carbonyl (C=O) groups is 1. The number of phosphoric acid groups is 1. The lowest BCUT2D eigenvalue weighted by Crippen LogP contribution is -2.24. The van der Waals surface area contributed by atoms with Crippen LogP contribution in [-0.4, -0.2) is 74.9 Å². The van der Waals surface area contributed by atoms with Gasteiger partial charge >= 0.3 is 7.82 Å². The molecule has 4 aromatic heterocycles. The predicted molar refractivity (Wildman–Crippen MR) is 147 cm³/mol. The minimum atomic E-state index is -4.70. The maximum Gasteiger partial charge on any atom is 0.471 e. The Morgan fingerprint density at radius 3 is 2.56 bits per heavy atom. The Hall–Kier alpha value is -3.93. The molecule has 12 nitrogen and oxygen atoms in total. The molecule has 4 rings (SSSR count). The highest BCUT2D eigenvalue weighted by atomic mass is 31.2. The lowest BCUT2D eigenvalue weighted by Gasteiger charge is -2.16. The van der Waals surface area contributed by atoms with Crippen LogP contribution in [0.3, 0.4) is 0 Å². The van der Waals surface area contributed by atoms with Crippen molar-refractivity contribution in [2.45, 2.75) is 6.73 Å². The molecule has 0 aliphatic rings. The molecular weight excluding hydrogens is 523 g/mol. The highest BCUT2D eigenvalue weighted by Crippen LogP contribution is 2.38. The van der Waals surface area contributed by atoms with Crippen molar-refractivity contribution in [3.8, 4) is 28.1 Å². The van der Waals surface area contributed by atoms with E-state index in [9.17, 15) is 19.1 Å². The fraction of sp³-hybridized carbons (Fsp3) is 0.231. The van der Waals surface area contributed by atoms with Gasteiger partial charge in [-0.3, -0.25) is 14.3 Å². The molecular formula is C26H29N6O6P. The van der Waals surface area contributed by atoms with E-state index >= 15 is 0 Å². The Balaban J connectivity index is 1.74. The monoisotopic (exact) mass is 552 g/mol. The van der Waals surface area contributed by atoms with Crippen LogP contribution in [0.4, 0.5) is 5.69 Å². The largest absolute Gasteiger partial charge is 0.481 e. The number of anilines is 1. The SMILES string of the molecule is COc1cc(-c2cn(COP(=O)(O)O)c3ncc(-c4cncc(N(C)C(=O)C=CCN(C)C)c4)cc23)ccn1. The number of rotatable bonds is 10. The minimum absolute atomic E-state index is 0.180. The molecule has 1 amide bonds. The number of methoxy groups -OCH3 is 1. The summed E-state index contributed by atoms with van der Waals surface area (Å²) in [5.74, 6) is 0.230. The highest BCUT2D eigenvalue weighted by Gasteiger charge is 2.19. The maximum atomic E-state index is 12.6. The molecule has 4 aromatic rings. The highest BCUT2D eigenvalue weighted by molar-refractivity contribution is 7.46. The molecule has 0 unspecified atom stereocenters. The number of amides is 1. The van der Waals surface area contributed by atoms with Gasteiger partial charge in [-0.15, -0.1) is 0 Å². The molecule has 0 bridgehead atoms. The topological polar surface area (TPSA) is 143 Å². The van der Waals surface area contributed by atoms with E-state index in [-0.39, 0.29) is 5.91 Å². The Labute approximate surface area is 225 Å². The summed E-state index contributed by atoms with van der Waals surface area (Å²) in [5, 5.41) is 0.705. The lowest BCUT2D eigenvalue weighted by atomic mass is 10.0. The van der Waals surface area contributed by atoms with Crippen LogP contribution in [0, 0.1) is 0 Å². The van der Waals surface area contributed by atoms with Crippen LogP contribution in [0.2, 0.25) is 0 Å². The van der Waals surface area contributed by atoms with E-state index in [0.717, 1.165) is 22.3 Å². The van der Waals surface area contributed by atoms with Crippen LogP contribution in [0.1, 0.15) is 0 Å². The zero-order valence-corrected chi connectivity index (χ0v) is 22.8. The summed E-state index contributed by atoms with van der Waals surface area (Å²) in [6.45, 7) is 0.245. The number of likely N-dealkylation sites (N-methyl/N-ethyl adjacent to an activating group) is 2. The van der Waals surface area contributed by atoms with Gasteiger partial charge in [-0.25, -0.2) is 14.5 Å². The standard InChI is InChI=1S/C26H29N6O6P/c1-30(2)9-5-6-25(33)31(3)21-10-19(13-27-15-21)20-11-22-23(18-7-8-28-24(12-18)37-4)16-32(26(22)29-14-20)17-38-39(34,35)36/h5-8,10-16H,9,17H2,1-4H3,(H2,34,35,36). The van der Waals surface area contributed by atoms with Crippen LogP contribution in [0.5, 0.6) is 5.88 Å². The molecule has 4 heterocycles. The molecule has 0 saturated carbocycles. The van der Waals surface area contributed by atoms with Crippen LogP contribution < -0.4 is 9.64 Å². The van der Waals surface area contributed by atoms with Gasteiger partial charge < -0.3 is 28.9 Å². The van der Waals surface area contributed by atoms with E-state index in [1.54, 1.807) is 56.2 Å². The van der Waals surface area contributed by atoms with Crippen LogP contribution in [-0.2, 0) is 20.6 Å². The first kappa shape index (κ1) is 28.1. The maximum absolute atomic E-state index is 12.6. The van der Waals surface area contributed by atoms with Crippen molar-refractivity contribution in [2.24, 2.45) is 0 Å². The van der Waals surface area contributed by atoms with Gasteiger partial charge in [0.25, 0.3) is 0 Å². The molecule has 0 saturated heterocycles. The van der Waals surface area contributed by atoms with E-state index in [2.05, 4.69) is 15.0 Å². The van der Waals surface area contributed by atoms with Crippen molar-refractivity contribution in [1.82, 2.24) is 24.4 Å². The van der Waals surface area contributed by atoms with E-state index in [0.29, 0.717) is 29.1 Å². The minimum Gasteiger partial charge on any atom is -0.481 e. The number of nitrogens with zero attached hydrogens (tertiary/aromatic N) is 6. The summed E-state index contributed by atoms with van der Waals surface area (Å²) >= 11 is 0. The van der Waals surface area contributed by atoms with Crippen molar-refractivity contribution >= 4 is 30.5 Å². The van der Waals surface area contributed by atoms with Gasteiger partial charge in [0.1, 0.15) is 12.4 Å². The Morgan fingerprint density at radius 1 is 1.08 bits per heavy atom. The first-order chi connectivity index (χ1) is 18.6. The van der Waals surface area contributed by atoms with Gasteiger partial charge in [0.2, 0.25) is 11.8 Å². The number of phosphoric ester groups is 1. The number of aromatic nitrogens is 4. The van der Waals surface area contributed by atoms with Crippen molar-refractivity contribution in [2.75, 3.05) is 39.7 Å². The average molecular weight is 553 g/mol. The number of carbonyl (C=O) groups excluding carboxylic acids is 1. The van der Waals surface area contributed by atoms with Crippen molar-refractivity contribution < 1.29 is 28.4 Å². The molecule has 2 N–H and O–H groups in total. The molecule has 0 atom stereocenters. The molecule has 13 heteroatoms. The first-order valence-electron chi connectivity index (χ1n) is 11.8. The Kier molecular flexibility index (Phi) is 8.54. The zero-order chi connectivity index (χ0) is 28.2. The third-order valence-electron chi connectivity index (χ3n) is 5.84. The number of hydrogen-bond acceptors (Lipinski definition) is 8. The summed E-state index contributed by atoms with van der Waals surface area (Å²) in [6, 6.07) is 7.29. The van der Waals surface area contributed by atoms with Gasteiger partial charge in [-0.05, 0) is 37.9 Å². The predicted octanol–water partition coefficient (Wildman–Crippen LogP) is 3.32. The van der Waals surface area contributed by atoms with E-state index in [1.165, 1.54) is 22.7 Å². The zero-order valence-electron chi connectivity index (χ0n) is 21.9. The summed E-state index contributed by atoms with van der Waals surface area (Å²) in [5.41, 5.74) is 4.03. The third kappa shape index (κ3) is 6.94. The van der Waals surface area contributed by atoms with Crippen LogP contribution >= 0.6 is 7.82 Å². The third-order valence-corrected chi connectivity index (χ3v) is 6.29. The van der Waals surface area contributed by atoms with Crippen molar-refractivity contribution in [1.29, 1.82) is 0 Å². The number of pyridine rings is 3. The van der Waals surface area contributed by atoms with E-state index in [1.807, 2.05) is 31.1 Å². The Bertz CT molecular complexity index is 1560. The quantitative estimate of drug-likeness (QED) is 0.222. The normalized spacial score (nSPS) is 12.0. The van der Waals surface area contributed by atoms with Gasteiger partial charge in [-0.1, -0.05) is 6.08 Å². The molecule has 204 valence electrons. The van der Waals surface area contributed by atoms with Crippen molar-refractivity contribution in [3.63, 3.8) is 0 Å². The lowest BCUT2D eigenvalue weighted by molar-refractivity contribution is -0.113. The summed E-state index contributed by atoms with van der Waals surface area (Å²) in [7, 11) is 2.34. The number of ether oxygens (including phenoxy) is 1. The molecule has 0 aliphatic heterocycles. The fourth-order valence-electron chi connectivity index (χ4n) is 3.86. The van der Waals surface area contributed by atoms with Gasteiger partial charge in [0.05, 0.1) is 19.0 Å². The Morgan fingerprint density at radius 2 is 1.85 bits per heavy atom. The second kappa shape index (κ2) is 11.9. The molecule has 0 aromatic carbocycles. The van der Waals surface area contributed by atoms with Crippen molar-refractivity contribution in [3.05, 3.63) is 67.4 Å². The van der Waals surface area contributed by atoms with Crippen LogP contribution in [0.25, 0.3) is 33.3 Å². The smallest absolute Gasteiger partial charge is 0.471 e. The number of fused-ring (bicyclic) bond motifs is 1. The average Bonchev–Trinajstić information content (AvgIpc) is 3.29. The summed E-state index contributed by atoms with van der Waals surface area (Å²) in [4.78, 5) is 47.6. The van der Waals surface area contributed by atoms with Gasteiger partial charge in [0.15, 0.2) is 0 Å².